The summed E-state index contributed by atoms with van der Waals surface area (Å²) in [4.78, 5) is 28.1. The number of ketones is 1. The molecule has 2 N–H and O–H groups in total. The Morgan fingerprint density at radius 3 is 2.61 bits per heavy atom. The second-order valence-electron chi connectivity index (χ2n) is 7.02. The summed E-state index contributed by atoms with van der Waals surface area (Å²) >= 11 is 7.62. The summed E-state index contributed by atoms with van der Waals surface area (Å²) < 4.78 is 5.20. The van der Waals surface area contributed by atoms with E-state index >= 15 is 0 Å². The van der Waals surface area contributed by atoms with Crippen molar-refractivity contribution in [3.05, 3.63) is 80.5 Å². The maximum absolute atomic E-state index is 13.1. The molecule has 1 fully saturated rings. The third kappa shape index (κ3) is 3.56. The van der Waals surface area contributed by atoms with Crippen LogP contribution in [0.5, 0.6) is 11.5 Å². The largest absolute Gasteiger partial charge is 0.507 e. The van der Waals surface area contributed by atoms with E-state index in [-0.39, 0.29) is 27.6 Å². The normalized spacial score (nSPS) is 17.9. The molecule has 2 heterocycles. The van der Waals surface area contributed by atoms with Crippen LogP contribution >= 0.6 is 22.9 Å². The van der Waals surface area contributed by atoms with E-state index in [9.17, 15) is 19.8 Å². The predicted molar refractivity (Wildman–Crippen MR) is 120 cm³/mol. The number of phenols is 1. The van der Waals surface area contributed by atoms with E-state index in [1.807, 2.05) is 12.3 Å². The van der Waals surface area contributed by atoms with Gasteiger partial charge in [0.15, 0.2) is 0 Å². The molecule has 31 heavy (non-hydrogen) atoms. The average Bonchev–Trinajstić information content (AvgIpc) is 3.37. The third-order valence-corrected chi connectivity index (χ3v) is 6.33. The zero-order valence-corrected chi connectivity index (χ0v) is 18.2. The van der Waals surface area contributed by atoms with Gasteiger partial charge in [0.25, 0.3) is 11.7 Å². The molecule has 1 aromatic heterocycles. The Labute approximate surface area is 187 Å². The van der Waals surface area contributed by atoms with Crippen LogP contribution in [0.2, 0.25) is 5.02 Å². The van der Waals surface area contributed by atoms with Crippen LogP contribution in [0.25, 0.3) is 5.76 Å². The number of aromatic hydroxyl groups is 1. The highest BCUT2D eigenvalue weighted by Gasteiger charge is 2.48. The van der Waals surface area contributed by atoms with Crippen molar-refractivity contribution < 1.29 is 24.5 Å². The van der Waals surface area contributed by atoms with E-state index in [1.54, 1.807) is 30.3 Å². The minimum atomic E-state index is -0.921. The van der Waals surface area contributed by atoms with Crippen LogP contribution in [0.3, 0.4) is 0 Å². The highest BCUT2D eigenvalue weighted by molar-refractivity contribution is 7.10. The lowest BCUT2D eigenvalue weighted by atomic mass is 9.99. The van der Waals surface area contributed by atoms with Crippen molar-refractivity contribution in [2.45, 2.75) is 13.0 Å². The molecule has 3 aromatic rings. The number of hydrogen-bond acceptors (Lipinski definition) is 6. The van der Waals surface area contributed by atoms with Crippen molar-refractivity contribution in [2.75, 3.05) is 12.0 Å². The maximum atomic E-state index is 13.1. The number of Topliss-reactive ketones (excluding diaryl/α,β-unsaturated/α-hetero) is 1. The fourth-order valence-corrected chi connectivity index (χ4v) is 4.61. The lowest BCUT2D eigenvalue weighted by molar-refractivity contribution is -0.132. The number of aryl methyl sites for hydroxylation is 1. The van der Waals surface area contributed by atoms with E-state index in [0.717, 1.165) is 5.56 Å². The first-order valence-electron chi connectivity index (χ1n) is 9.31. The fraction of sp³-hybridized carbons (Fsp3) is 0.130. The van der Waals surface area contributed by atoms with E-state index in [2.05, 4.69) is 0 Å². The van der Waals surface area contributed by atoms with Gasteiger partial charge in [-0.1, -0.05) is 23.7 Å². The molecule has 0 radical (unpaired) electrons. The minimum absolute atomic E-state index is 0.108. The number of phenolic OH excluding ortho intramolecular Hbond substituents is 1. The second kappa shape index (κ2) is 8.09. The van der Waals surface area contributed by atoms with Crippen molar-refractivity contribution in [1.29, 1.82) is 0 Å². The maximum Gasteiger partial charge on any atom is 0.300 e. The molecule has 1 aliphatic heterocycles. The quantitative estimate of drug-likeness (QED) is 0.326. The van der Waals surface area contributed by atoms with Crippen molar-refractivity contribution in [3.63, 3.8) is 0 Å². The Morgan fingerprint density at radius 1 is 1.16 bits per heavy atom. The average molecular weight is 456 g/mol. The predicted octanol–water partition coefficient (Wildman–Crippen LogP) is 5.05. The molecule has 1 aliphatic rings. The van der Waals surface area contributed by atoms with Crippen LogP contribution in [-0.2, 0) is 9.59 Å². The molecule has 1 atom stereocenters. The number of anilines is 1. The number of nitrogens with zero attached hydrogens (tertiary/aromatic N) is 1. The number of aliphatic hydroxyl groups excluding tert-OH is 1. The summed E-state index contributed by atoms with van der Waals surface area (Å²) in [6.45, 7) is 1.82. The zero-order valence-electron chi connectivity index (χ0n) is 16.6. The standard InChI is InChI=1S/C23H18ClNO5S/c1-12-5-8-17(26)16(10-12)25-20(18-4-3-9-31-18)19(22(28)23(25)29)21(27)14-11-13(30-2)6-7-15(14)24/h3-11,20,26-27H,1-2H3/b21-19-. The van der Waals surface area contributed by atoms with Crippen molar-refractivity contribution in [1.82, 2.24) is 0 Å². The number of carbonyl (C=O) groups is 2. The van der Waals surface area contributed by atoms with Crippen LogP contribution in [0, 0.1) is 6.92 Å². The number of amides is 1. The van der Waals surface area contributed by atoms with Crippen molar-refractivity contribution >= 4 is 46.1 Å². The van der Waals surface area contributed by atoms with Gasteiger partial charge in [0.05, 0.1) is 23.4 Å². The summed E-state index contributed by atoms with van der Waals surface area (Å²) in [5, 5.41) is 23.6. The molecule has 1 amide bonds. The Kier molecular flexibility index (Phi) is 5.47. The van der Waals surface area contributed by atoms with Crippen molar-refractivity contribution in [2.24, 2.45) is 0 Å². The van der Waals surface area contributed by atoms with Crippen molar-refractivity contribution in [3.8, 4) is 11.5 Å². The Bertz CT molecular complexity index is 1220. The van der Waals surface area contributed by atoms with Gasteiger partial charge in [-0.05, 0) is 54.3 Å². The van der Waals surface area contributed by atoms with Gasteiger partial charge in [0.2, 0.25) is 0 Å². The molecule has 4 rings (SSSR count). The number of ether oxygens (including phenoxy) is 1. The first-order valence-corrected chi connectivity index (χ1v) is 10.6. The fourth-order valence-electron chi connectivity index (χ4n) is 3.58. The Hall–Kier alpha value is -3.29. The van der Waals surface area contributed by atoms with E-state index in [1.165, 1.54) is 41.5 Å². The van der Waals surface area contributed by atoms with Gasteiger partial charge < -0.3 is 14.9 Å². The second-order valence-corrected chi connectivity index (χ2v) is 8.41. The number of aliphatic hydroxyl groups is 1. The number of hydrogen-bond donors (Lipinski definition) is 2. The summed E-state index contributed by atoms with van der Waals surface area (Å²) in [5.41, 5.74) is 1.06. The summed E-state index contributed by atoms with van der Waals surface area (Å²) in [6, 6.07) is 12.1. The third-order valence-electron chi connectivity index (χ3n) is 5.08. The highest BCUT2D eigenvalue weighted by Crippen LogP contribution is 2.46. The van der Waals surface area contributed by atoms with Gasteiger partial charge in [0, 0.05) is 10.4 Å². The molecule has 8 heteroatoms. The topological polar surface area (TPSA) is 87.1 Å². The molecular formula is C23H18ClNO5S. The number of thiophene rings is 1. The summed E-state index contributed by atoms with van der Waals surface area (Å²) in [7, 11) is 1.47. The van der Waals surface area contributed by atoms with Gasteiger partial charge in [0.1, 0.15) is 23.3 Å². The number of rotatable bonds is 4. The highest BCUT2D eigenvalue weighted by atomic mass is 35.5. The van der Waals surface area contributed by atoms with E-state index < -0.39 is 23.5 Å². The summed E-state index contributed by atoms with van der Waals surface area (Å²) in [5.74, 6) is -1.83. The van der Waals surface area contributed by atoms with Crippen LogP contribution in [0.1, 0.15) is 22.0 Å². The lowest BCUT2D eigenvalue weighted by Crippen LogP contribution is -2.29. The van der Waals surface area contributed by atoms with Gasteiger partial charge >= 0.3 is 0 Å². The molecule has 0 bridgehead atoms. The number of benzene rings is 2. The molecular weight excluding hydrogens is 438 g/mol. The molecule has 1 saturated heterocycles. The lowest BCUT2D eigenvalue weighted by Gasteiger charge is -2.25. The van der Waals surface area contributed by atoms with Gasteiger partial charge in [-0.15, -0.1) is 11.3 Å². The first kappa shape index (κ1) is 21.0. The molecule has 1 unspecified atom stereocenters. The Morgan fingerprint density at radius 2 is 1.94 bits per heavy atom. The molecule has 6 nitrogen and oxygen atoms in total. The van der Waals surface area contributed by atoms with Gasteiger partial charge in [-0.2, -0.15) is 0 Å². The molecule has 0 saturated carbocycles. The Balaban J connectivity index is 1.98. The molecule has 0 spiro atoms. The zero-order chi connectivity index (χ0) is 22.3. The SMILES string of the molecule is COc1ccc(Cl)c(/C(O)=C2/C(=O)C(=O)N(c3cc(C)ccc3O)C2c2cccs2)c1. The van der Waals surface area contributed by atoms with E-state index in [4.69, 9.17) is 16.3 Å². The van der Waals surface area contributed by atoms with Crippen LogP contribution < -0.4 is 9.64 Å². The van der Waals surface area contributed by atoms with Gasteiger partial charge in [-0.25, -0.2) is 0 Å². The van der Waals surface area contributed by atoms with Crippen LogP contribution in [0.4, 0.5) is 5.69 Å². The van der Waals surface area contributed by atoms with Crippen LogP contribution in [0.15, 0.2) is 59.5 Å². The smallest absolute Gasteiger partial charge is 0.300 e. The molecule has 2 aromatic carbocycles. The molecule has 158 valence electrons. The summed E-state index contributed by atoms with van der Waals surface area (Å²) in [6.07, 6.45) is 0. The van der Waals surface area contributed by atoms with Gasteiger partial charge in [-0.3, -0.25) is 14.5 Å². The van der Waals surface area contributed by atoms with Crippen LogP contribution in [-0.4, -0.2) is 29.0 Å². The molecule has 0 aliphatic carbocycles. The number of methoxy groups -OCH3 is 1. The monoisotopic (exact) mass is 455 g/mol. The number of halogens is 1. The first-order chi connectivity index (χ1) is 14.8. The minimum Gasteiger partial charge on any atom is -0.507 e. The number of carbonyl (C=O) groups excluding carboxylic acids is 2. The van der Waals surface area contributed by atoms with E-state index in [0.29, 0.717) is 10.6 Å².